The molecule has 1 fully saturated rings. The van der Waals surface area contributed by atoms with Crippen molar-refractivity contribution in [1.29, 1.82) is 0 Å². The summed E-state index contributed by atoms with van der Waals surface area (Å²) in [5.41, 5.74) is 5.07. The van der Waals surface area contributed by atoms with Crippen molar-refractivity contribution in [2.45, 2.75) is 18.9 Å². The molecule has 0 saturated carbocycles. The van der Waals surface area contributed by atoms with Crippen molar-refractivity contribution < 1.29 is 14.8 Å². The molecule has 2 amide bonds. The third-order valence-corrected chi connectivity index (χ3v) is 5.41. The van der Waals surface area contributed by atoms with Gasteiger partial charge in [-0.05, 0) is 42.7 Å². The summed E-state index contributed by atoms with van der Waals surface area (Å²) < 4.78 is 0. The second-order valence-corrected chi connectivity index (χ2v) is 7.37. The van der Waals surface area contributed by atoms with Crippen LogP contribution in [0.4, 0.5) is 5.69 Å². The highest BCUT2D eigenvalue weighted by Crippen LogP contribution is 2.25. The van der Waals surface area contributed by atoms with Crippen LogP contribution >= 0.6 is 0 Å². The number of H-pyrrole nitrogens is 1. The second kappa shape index (κ2) is 8.84. The molecule has 3 aromatic rings. The van der Waals surface area contributed by atoms with Crippen molar-refractivity contribution in [2.75, 3.05) is 18.0 Å². The highest BCUT2D eigenvalue weighted by molar-refractivity contribution is 5.98. The first-order valence-corrected chi connectivity index (χ1v) is 9.99. The summed E-state index contributed by atoms with van der Waals surface area (Å²) in [5, 5.41) is 12.8. The molecule has 4 rings (SSSR count). The van der Waals surface area contributed by atoms with Crippen LogP contribution in [-0.4, -0.2) is 41.1 Å². The van der Waals surface area contributed by atoms with Gasteiger partial charge in [-0.3, -0.25) is 14.8 Å². The Balaban J connectivity index is 1.38. The molecule has 1 aromatic heterocycles. The van der Waals surface area contributed by atoms with Crippen molar-refractivity contribution in [1.82, 2.24) is 15.8 Å². The number of para-hydroxylation sites is 2. The van der Waals surface area contributed by atoms with E-state index in [9.17, 15) is 9.59 Å². The Labute approximate surface area is 174 Å². The molecule has 1 aliphatic rings. The molecule has 0 radical (unpaired) electrons. The van der Waals surface area contributed by atoms with Crippen LogP contribution in [0.1, 0.15) is 28.9 Å². The van der Waals surface area contributed by atoms with Crippen LogP contribution in [0.25, 0.3) is 17.0 Å². The summed E-state index contributed by atoms with van der Waals surface area (Å²) in [6.07, 6.45) is 4.65. The number of carbonyl (C=O) groups excluding carboxylic acids is 2. The number of nitrogens with one attached hydrogen (secondary N) is 3. The summed E-state index contributed by atoms with van der Waals surface area (Å²) >= 11 is 0. The predicted octanol–water partition coefficient (Wildman–Crippen LogP) is 3.09. The topological polar surface area (TPSA) is 97.5 Å². The first kappa shape index (κ1) is 19.7. The van der Waals surface area contributed by atoms with E-state index in [2.05, 4.69) is 15.2 Å². The number of rotatable bonds is 5. The smallest absolute Gasteiger partial charge is 0.267 e. The normalized spacial score (nSPS) is 14.9. The number of hydrogen-bond donors (Lipinski definition) is 4. The Morgan fingerprint density at radius 2 is 1.80 bits per heavy atom. The van der Waals surface area contributed by atoms with E-state index in [0.29, 0.717) is 5.69 Å². The van der Waals surface area contributed by atoms with Crippen LogP contribution < -0.4 is 15.7 Å². The van der Waals surface area contributed by atoms with E-state index in [4.69, 9.17) is 5.21 Å². The Morgan fingerprint density at radius 1 is 1.07 bits per heavy atom. The van der Waals surface area contributed by atoms with Gasteiger partial charge in [-0.2, -0.15) is 0 Å². The predicted molar refractivity (Wildman–Crippen MR) is 116 cm³/mol. The van der Waals surface area contributed by atoms with Gasteiger partial charge in [-0.25, -0.2) is 5.48 Å². The van der Waals surface area contributed by atoms with E-state index in [-0.39, 0.29) is 11.9 Å². The molecule has 2 heterocycles. The minimum absolute atomic E-state index is 0.0806. The van der Waals surface area contributed by atoms with Crippen LogP contribution in [-0.2, 0) is 4.79 Å². The molecular weight excluding hydrogens is 380 g/mol. The first-order chi connectivity index (χ1) is 14.6. The molecule has 7 nitrogen and oxygen atoms in total. The lowest BCUT2D eigenvalue weighted by Crippen LogP contribution is -2.45. The molecule has 0 spiro atoms. The number of amides is 2. The lowest BCUT2D eigenvalue weighted by Gasteiger charge is -2.34. The fourth-order valence-electron chi connectivity index (χ4n) is 3.84. The summed E-state index contributed by atoms with van der Waals surface area (Å²) in [6, 6.07) is 17.7. The standard InChI is InChI=1S/C23H24N4O3/c28-22(26-30)10-9-16-5-2-4-8-21(16)27-13-11-18(12-14-27)24-23(29)20-15-17-6-1-3-7-19(17)25-20/h1-10,15,18,25,30H,11-14H2,(H,24,29)(H,26,28)/b10-9+. The third-order valence-electron chi connectivity index (χ3n) is 5.41. The Kier molecular flexibility index (Phi) is 5.81. The molecular formula is C23H24N4O3. The molecule has 0 unspecified atom stereocenters. The Bertz CT molecular complexity index is 1050. The van der Waals surface area contributed by atoms with Crippen LogP contribution in [0.15, 0.2) is 60.7 Å². The molecule has 154 valence electrons. The molecule has 4 N–H and O–H groups in total. The number of carbonyl (C=O) groups is 2. The van der Waals surface area contributed by atoms with E-state index in [1.165, 1.54) is 6.08 Å². The highest BCUT2D eigenvalue weighted by atomic mass is 16.5. The van der Waals surface area contributed by atoms with Gasteiger partial charge in [0.25, 0.3) is 11.8 Å². The number of aromatic nitrogens is 1. The van der Waals surface area contributed by atoms with Gasteiger partial charge in [-0.15, -0.1) is 0 Å². The van der Waals surface area contributed by atoms with Gasteiger partial charge in [0.1, 0.15) is 5.69 Å². The van der Waals surface area contributed by atoms with Gasteiger partial charge in [-0.1, -0.05) is 36.4 Å². The van der Waals surface area contributed by atoms with Crippen molar-refractivity contribution in [3.63, 3.8) is 0 Å². The fourth-order valence-corrected chi connectivity index (χ4v) is 3.84. The summed E-state index contributed by atoms with van der Waals surface area (Å²) in [7, 11) is 0. The van der Waals surface area contributed by atoms with E-state index in [1.54, 1.807) is 11.6 Å². The van der Waals surface area contributed by atoms with Crippen molar-refractivity contribution in [3.05, 3.63) is 71.9 Å². The monoisotopic (exact) mass is 404 g/mol. The third kappa shape index (κ3) is 4.36. The number of hydrogen-bond acceptors (Lipinski definition) is 4. The van der Waals surface area contributed by atoms with Crippen molar-refractivity contribution in [3.8, 4) is 0 Å². The summed E-state index contributed by atoms with van der Waals surface area (Å²) in [4.78, 5) is 29.4. The van der Waals surface area contributed by atoms with Crippen LogP contribution in [0.2, 0.25) is 0 Å². The number of fused-ring (bicyclic) bond motifs is 1. The molecule has 0 bridgehead atoms. The quantitative estimate of drug-likeness (QED) is 0.298. The lowest BCUT2D eigenvalue weighted by molar-refractivity contribution is -0.124. The maximum Gasteiger partial charge on any atom is 0.267 e. The highest BCUT2D eigenvalue weighted by Gasteiger charge is 2.23. The van der Waals surface area contributed by atoms with Gasteiger partial charge in [0.15, 0.2) is 0 Å². The van der Waals surface area contributed by atoms with Crippen molar-refractivity contribution in [2.24, 2.45) is 0 Å². The number of anilines is 1. The van der Waals surface area contributed by atoms with Crippen LogP contribution in [0.5, 0.6) is 0 Å². The molecule has 1 saturated heterocycles. The zero-order chi connectivity index (χ0) is 20.9. The van der Waals surface area contributed by atoms with Gasteiger partial charge in [0, 0.05) is 41.8 Å². The minimum Gasteiger partial charge on any atom is -0.371 e. The van der Waals surface area contributed by atoms with E-state index in [0.717, 1.165) is 48.1 Å². The lowest BCUT2D eigenvalue weighted by atomic mass is 10.0. The SMILES string of the molecule is O=C(/C=C/c1ccccc1N1CCC(NC(=O)c2cc3ccccc3[nH]2)CC1)NO. The number of aromatic amines is 1. The maximum atomic E-state index is 12.6. The zero-order valence-corrected chi connectivity index (χ0v) is 16.5. The molecule has 0 aliphatic carbocycles. The largest absolute Gasteiger partial charge is 0.371 e. The van der Waals surface area contributed by atoms with Crippen LogP contribution in [0, 0.1) is 0 Å². The second-order valence-electron chi connectivity index (χ2n) is 7.37. The first-order valence-electron chi connectivity index (χ1n) is 9.99. The van der Waals surface area contributed by atoms with E-state index in [1.807, 2.05) is 54.6 Å². The zero-order valence-electron chi connectivity index (χ0n) is 16.5. The maximum absolute atomic E-state index is 12.6. The van der Waals surface area contributed by atoms with Gasteiger partial charge in [0.05, 0.1) is 0 Å². The number of piperidine rings is 1. The van der Waals surface area contributed by atoms with Gasteiger partial charge < -0.3 is 15.2 Å². The minimum atomic E-state index is -0.566. The van der Waals surface area contributed by atoms with Crippen molar-refractivity contribution >= 4 is 34.5 Å². The average Bonchev–Trinajstić information content (AvgIpc) is 3.23. The van der Waals surface area contributed by atoms with Gasteiger partial charge >= 0.3 is 0 Å². The molecule has 0 atom stereocenters. The van der Waals surface area contributed by atoms with Gasteiger partial charge in [0.2, 0.25) is 0 Å². The van der Waals surface area contributed by atoms with E-state index < -0.39 is 5.91 Å². The molecule has 30 heavy (non-hydrogen) atoms. The number of benzene rings is 2. The Hall–Kier alpha value is -3.58. The molecule has 2 aromatic carbocycles. The molecule has 7 heteroatoms. The Morgan fingerprint density at radius 3 is 2.57 bits per heavy atom. The number of hydroxylamine groups is 1. The number of nitrogens with zero attached hydrogens (tertiary/aromatic N) is 1. The average molecular weight is 404 g/mol. The van der Waals surface area contributed by atoms with E-state index >= 15 is 0 Å². The summed E-state index contributed by atoms with van der Waals surface area (Å²) in [6.45, 7) is 1.60. The fraction of sp³-hybridized carbons (Fsp3) is 0.217. The molecule has 1 aliphatic heterocycles. The van der Waals surface area contributed by atoms with Crippen LogP contribution in [0.3, 0.4) is 0 Å². The summed E-state index contributed by atoms with van der Waals surface area (Å²) in [5.74, 6) is -0.647.